The molecule has 5 heteroatoms. The third kappa shape index (κ3) is 5.11. The van der Waals surface area contributed by atoms with Gasteiger partial charge in [-0.3, -0.25) is 4.79 Å². The topological polar surface area (TPSA) is 61.4 Å². The third-order valence-electron chi connectivity index (χ3n) is 4.26. The van der Waals surface area contributed by atoms with Crippen LogP contribution in [0.4, 0.5) is 10.5 Å². The van der Waals surface area contributed by atoms with E-state index in [0.717, 1.165) is 24.8 Å². The maximum absolute atomic E-state index is 12.1. The van der Waals surface area contributed by atoms with Crippen molar-refractivity contribution in [2.45, 2.75) is 39.0 Å². The van der Waals surface area contributed by atoms with E-state index >= 15 is 0 Å². The fraction of sp³-hybridized carbons (Fsp3) is 0.474. The molecule has 0 saturated heterocycles. The van der Waals surface area contributed by atoms with Crippen molar-refractivity contribution in [3.8, 4) is 0 Å². The van der Waals surface area contributed by atoms with E-state index in [-0.39, 0.29) is 11.9 Å². The minimum absolute atomic E-state index is 0.0808. The molecule has 1 aliphatic rings. The summed E-state index contributed by atoms with van der Waals surface area (Å²) in [5.41, 5.74) is 3.59. The summed E-state index contributed by atoms with van der Waals surface area (Å²) in [5.74, 6) is -0.0808. The Morgan fingerprint density at radius 1 is 1.21 bits per heavy atom. The van der Waals surface area contributed by atoms with Crippen LogP contribution in [-0.4, -0.2) is 37.5 Å². The number of anilines is 1. The van der Waals surface area contributed by atoms with Crippen molar-refractivity contribution in [3.05, 3.63) is 41.0 Å². The molecular weight excluding hydrogens is 302 g/mol. The van der Waals surface area contributed by atoms with Gasteiger partial charge in [0, 0.05) is 31.9 Å². The van der Waals surface area contributed by atoms with Crippen LogP contribution in [0.25, 0.3) is 0 Å². The average Bonchev–Trinajstić information content (AvgIpc) is 2.57. The van der Waals surface area contributed by atoms with E-state index in [1.165, 1.54) is 23.3 Å². The molecule has 0 heterocycles. The normalized spacial score (nSPS) is 13.9. The zero-order valence-corrected chi connectivity index (χ0v) is 14.8. The first-order valence-electron chi connectivity index (χ1n) is 8.52. The minimum Gasteiger partial charge on any atom is -0.345 e. The first-order chi connectivity index (χ1) is 11.5. The van der Waals surface area contributed by atoms with Crippen molar-refractivity contribution in [3.63, 3.8) is 0 Å². The standard InChI is InChI=1S/C19H27N3O2/c1-14-9-10-16(18(23)22(2)3)13-17(14)21-19(24)20-12-11-15-7-5-4-6-8-15/h7,9-10,13H,4-6,8,11-12H2,1-3H3,(H2,20,21,24). The van der Waals surface area contributed by atoms with Crippen molar-refractivity contribution in [2.24, 2.45) is 0 Å². The van der Waals surface area contributed by atoms with Gasteiger partial charge in [0.25, 0.3) is 5.91 Å². The summed E-state index contributed by atoms with van der Waals surface area (Å²) >= 11 is 0. The summed E-state index contributed by atoms with van der Waals surface area (Å²) in [6, 6.07) is 5.11. The zero-order valence-electron chi connectivity index (χ0n) is 14.8. The molecular formula is C19H27N3O2. The molecule has 0 spiro atoms. The number of allylic oxidation sites excluding steroid dienone is 1. The van der Waals surface area contributed by atoms with Crippen LogP contribution in [0.3, 0.4) is 0 Å². The van der Waals surface area contributed by atoms with Crippen LogP contribution in [0.1, 0.15) is 48.0 Å². The number of carbonyl (C=O) groups excluding carboxylic acids is 2. The highest BCUT2D eigenvalue weighted by Crippen LogP contribution is 2.20. The Labute approximate surface area is 144 Å². The largest absolute Gasteiger partial charge is 0.345 e. The van der Waals surface area contributed by atoms with Gasteiger partial charge in [-0.2, -0.15) is 0 Å². The Balaban J connectivity index is 1.89. The van der Waals surface area contributed by atoms with Gasteiger partial charge in [-0.05, 0) is 56.7 Å². The Morgan fingerprint density at radius 3 is 2.67 bits per heavy atom. The average molecular weight is 329 g/mol. The summed E-state index contributed by atoms with van der Waals surface area (Å²) in [7, 11) is 3.42. The van der Waals surface area contributed by atoms with Gasteiger partial charge in [-0.1, -0.05) is 17.7 Å². The fourth-order valence-corrected chi connectivity index (χ4v) is 2.78. The summed E-state index contributed by atoms with van der Waals surface area (Å²) in [6.07, 6.45) is 8.04. The van der Waals surface area contributed by atoms with Crippen LogP contribution in [0.2, 0.25) is 0 Å². The second kappa shape index (κ2) is 8.52. The summed E-state index contributed by atoms with van der Waals surface area (Å²) < 4.78 is 0. The predicted molar refractivity (Wildman–Crippen MR) is 97.4 cm³/mol. The van der Waals surface area contributed by atoms with Crippen LogP contribution in [0.15, 0.2) is 29.8 Å². The van der Waals surface area contributed by atoms with E-state index in [1.807, 2.05) is 13.0 Å². The molecule has 0 saturated carbocycles. The number of amides is 3. The quantitative estimate of drug-likeness (QED) is 0.809. The van der Waals surface area contributed by atoms with Gasteiger partial charge in [0.05, 0.1) is 0 Å². The van der Waals surface area contributed by atoms with Gasteiger partial charge in [0.15, 0.2) is 0 Å². The molecule has 24 heavy (non-hydrogen) atoms. The second-order valence-corrected chi connectivity index (χ2v) is 6.47. The van der Waals surface area contributed by atoms with Crippen molar-refractivity contribution < 1.29 is 9.59 Å². The summed E-state index contributed by atoms with van der Waals surface area (Å²) in [6.45, 7) is 2.54. The van der Waals surface area contributed by atoms with E-state index in [1.54, 1.807) is 26.2 Å². The lowest BCUT2D eigenvalue weighted by molar-refractivity contribution is 0.0827. The second-order valence-electron chi connectivity index (χ2n) is 6.47. The Kier molecular flexibility index (Phi) is 6.41. The highest BCUT2D eigenvalue weighted by Gasteiger charge is 2.11. The molecule has 0 radical (unpaired) electrons. The SMILES string of the molecule is Cc1ccc(C(=O)N(C)C)cc1NC(=O)NCCC1=CCCCC1. The Morgan fingerprint density at radius 2 is 2.00 bits per heavy atom. The number of nitrogens with zero attached hydrogens (tertiary/aromatic N) is 1. The van der Waals surface area contributed by atoms with Crippen LogP contribution in [0.5, 0.6) is 0 Å². The Bertz CT molecular complexity index is 635. The fourth-order valence-electron chi connectivity index (χ4n) is 2.78. The van der Waals surface area contributed by atoms with Crippen molar-refractivity contribution in [1.82, 2.24) is 10.2 Å². The monoisotopic (exact) mass is 329 g/mol. The molecule has 0 unspecified atom stereocenters. The smallest absolute Gasteiger partial charge is 0.319 e. The number of hydrogen-bond acceptors (Lipinski definition) is 2. The highest BCUT2D eigenvalue weighted by molar-refractivity contribution is 5.97. The summed E-state index contributed by atoms with van der Waals surface area (Å²) in [4.78, 5) is 25.6. The molecule has 0 aliphatic heterocycles. The Hall–Kier alpha value is -2.30. The first-order valence-corrected chi connectivity index (χ1v) is 8.52. The van der Waals surface area contributed by atoms with Gasteiger partial charge in [-0.25, -0.2) is 4.79 Å². The van der Waals surface area contributed by atoms with Crippen LogP contribution in [-0.2, 0) is 0 Å². The molecule has 2 rings (SSSR count). The molecule has 0 aromatic heterocycles. The van der Waals surface area contributed by atoms with Gasteiger partial charge in [0.2, 0.25) is 0 Å². The van der Waals surface area contributed by atoms with Crippen molar-refractivity contribution >= 4 is 17.6 Å². The maximum atomic E-state index is 12.1. The first kappa shape index (κ1) is 18.0. The molecule has 130 valence electrons. The number of benzene rings is 1. The van der Waals surface area contributed by atoms with Crippen LogP contribution < -0.4 is 10.6 Å². The lowest BCUT2D eigenvalue weighted by atomic mass is 9.97. The van der Waals surface area contributed by atoms with E-state index in [0.29, 0.717) is 17.8 Å². The molecule has 1 aromatic rings. The van der Waals surface area contributed by atoms with Gasteiger partial charge < -0.3 is 15.5 Å². The lowest BCUT2D eigenvalue weighted by Gasteiger charge is -2.15. The molecule has 3 amide bonds. The number of rotatable bonds is 5. The summed E-state index contributed by atoms with van der Waals surface area (Å²) in [5, 5.41) is 5.73. The third-order valence-corrected chi connectivity index (χ3v) is 4.26. The van der Waals surface area contributed by atoms with Gasteiger partial charge in [-0.15, -0.1) is 0 Å². The van der Waals surface area contributed by atoms with Gasteiger partial charge in [0.1, 0.15) is 0 Å². The van der Waals surface area contributed by atoms with Crippen molar-refractivity contribution in [2.75, 3.05) is 26.0 Å². The molecule has 0 bridgehead atoms. The molecule has 2 N–H and O–H groups in total. The number of carbonyl (C=O) groups is 2. The van der Waals surface area contributed by atoms with Crippen LogP contribution in [0, 0.1) is 6.92 Å². The number of hydrogen-bond donors (Lipinski definition) is 2. The van der Waals surface area contributed by atoms with E-state index in [4.69, 9.17) is 0 Å². The van der Waals surface area contributed by atoms with E-state index in [2.05, 4.69) is 16.7 Å². The molecule has 1 aromatic carbocycles. The van der Waals surface area contributed by atoms with E-state index in [9.17, 15) is 9.59 Å². The molecule has 0 atom stereocenters. The zero-order chi connectivity index (χ0) is 17.5. The lowest BCUT2D eigenvalue weighted by Crippen LogP contribution is -2.30. The maximum Gasteiger partial charge on any atom is 0.319 e. The van der Waals surface area contributed by atoms with Crippen molar-refractivity contribution in [1.29, 1.82) is 0 Å². The van der Waals surface area contributed by atoms with Gasteiger partial charge >= 0.3 is 6.03 Å². The van der Waals surface area contributed by atoms with E-state index < -0.39 is 0 Å². The van der Waals surface area contributed by atoms with Crippen LogP contribution >= 0.6 is 0 Å². The molecule has 5 nitrogen and oxygen atoms in total. The predicted octanol–water partition coefficient (Wildman–Crippen LogP) is 3.71. The number of nitrogens with one attached hydrogen (secondary N) is 2. The number of aryl methyl sites for hydroxylation is 1. The minimum atomic E-state index is -0.232. The molecule has 1 aliphatic carbocycles. The molecule has 0 fully saturated rings. The number of urea groups is 1. The highest BCUT2D eigenvalue weighted by atomic mass is 16.2.